The summed E-state index contributed by atoms with van der Waals surface area (Å²) in [6.45, 7) is 13.4. The predicted molar refractivity (Wildman–Crippen MR) is 240 cm³/mol. The van der Waals surface area contributed by atoms with Crippen LogP contribution in [0.15, 0.2) is 83.8 Å². The molecule has 2 aromatic heterocycles. The fourth-order valence-electron chi connectivity index (χ4n) is 8.73. The first-order valence-electron chi connectivity index (χ1n) is 22.0. The number of rotatable bonds is 10. The number of amides is 3. The van der Waals surface area contributed by atoms with E-state index in [0.29, 0.717) is 91.6 Å². The minimum Gasteiger partial charge on any atom is -0.397 e. The Hall–Kier alpha value is -5.99. The van der Waals surface area contributed by atoms with Crippen LogP contribution < -0.4 is 11.3 Å². The number of fused-ring (bicyclic) bond motifs is 1. The number of hydrogen-bond acceptors (Lipinski definition) is 9. The fraction of sp³-hybridized carbons (Fsp3) is 0.417. The summed E-state index contributed by atoms with van der Waals surface area (Å²) in [4.78, 5) is 66.9. The van der Waals surface area contributed by atoms with Gasteiger partial charge < -0.3 is 20.4 Å². The van der Waals surface area contributed by atoms with Crippen molar-refractivity contribution in [2.45, 2.75) is 46.5 Å². The van der Waals surface area contributed by atoms with E-state index >= 15 is 4.39 Å². The number of aryl methyl sites for hydroxylation is 1. The van der Waals surface area contributed by atoms with Crippen molar-refractivity contribution in [2.75, 3.05) is 84.3 Å². The zero-order chi connectivity index (χ0) is 43.8. The highest BCUT2D eigenvalue weighted by molar-refractivity contribution is 5.98. The highest BCUT2D eigenvalue weighted by Gasteiger charge is 2.30. The molecule has 3 aromatic carbocycles. The maximum atomic E-state index is 15.0. The minimum atomic E-state index is -0.600. The van der Waals surface area contributed by atoms with E-state index in [-0.39, 0.29) is 22.9 Å². The van der Waals surface area contributed by atoms with Gasteiger partial charge in [-0.1, -0.05) is 69.3 Å². The van der Waals surface area contributed by atoms with E-state index in [9.17, 15) is 19.2 Å². The van der Waals surface area contributed by atoms with Gasteiger partial charge in [-0.15, -0.1) is 0 Å². The number of H-pyrrole nitrogens is 1. The number of aromatic amines is 1. The highest BCUT2D eigenvalue weighted by Crippen LogP contribution is 2.26. The lowest BCUT2D eigenvalue weighted by Crippen LogP contribution is -2.53. The van der Waals surface area contributed by atoms with Gasteiger partial charge in [0.2, 0.25) is 5.91 Å². The lowest BCUT2D eigenvalue weighted by Gasteiger charge is -2.39. The van der Waals surface area contributed by atoms with Crippen molar-refractivity contribution in [3.05, 3.63) is 123 Å². The van der Waals surface area contributed by atoms with Gasteiger partial charge in [0.25, 0.3) is 17.4 Å². The van der Waals surface area contributed by atoms with E-state index in [1.165, 1.54) is 11.6 Å². The van der Waals surface area contributed by atoms with E-state index < -0.39 is 11.7 Å². The summed E-state index contributed by atoms with van der Waals surface area (Å²) in [5, 5.41) is 7.98. The molecule has 0 unspecified atom stereocenters. The Morgan fingerprint density at radius 2 is 1.42 bits per heavy atom. The quantitative estimate of drug-likeness (QED) is 0.190. The van der Waals surface area contributed by atoms with Crippen LogP contribution in [0.5, 0.6) is 0 Å². The number of carbonyl (C=O) groups excluding carboxylic acids is 3. The number of hydrogen-bond donors (Lipinski definition) is 2. The highest BCUT2D eigenvalue weighted by atomic mass is 19.1. The number of nitrogens with two attached hydrogens (primary N) is 1. The predicted octanol–water partition coefficient (Wildman–Crippen LogP) is 5.34. The molecule has 0 spiro atoms. The Labute approximate surface area is 362 Å². The average Bonchev–Trinajstić information content (AvgIpc) is 3.31. The topological polar surface area (TPSA) is 152 Å². The van der Waals surface area contributed by atoms with Crippen LogP contribution in [0, 0.1) is 11.7 Å². The summed E-state index contributed by atoms with van der Waals surface area (Å²) in [6.07, 6.45) is 5.00. The SMILES string of the molecule is CC.CCc1cccc(-c2cnc(C(=O)N3CCN(CC4CCN(CC(=O)N5CCN(C(=O)c6cc(Cc7n[nH]c(=O)c8ccccc78)ccc6F)CC5)CC4)CC3)c(N)c2)c1. The van der Waals surface area contributed by atoms with Gasteiger partial charge in [-0.25, -0.2) is 14.5 Å². The van der Waals surface area contributed by atoms with Gasteiger partial charge in [0.1, 0.15) is 5.82 Å². The van der Waals surface area contributed by atoms with Crippen molar-refractivity contribution < 1.29 is 18.8 Å². The van der Waals surface area contributed by atoms with Crippen molar-refractivity contribution in [3.63, 3.8) is 0 Å². The molecule has 3 saturated heterocycles. The smallest absolute Gasteiger partial charge is 0.274 e. The van der Waals surface area contributed by atoms with E-state index in [0.717, 1.165) is 63.1 Å². The van der Waals surface area contributed by atoms with Crippen molar-refractivity contribution in [2.24, 2.45) is 5.92 Å². The number of piperazine rings is 2. The molecule has 5 heterocycles. The molecule has 3 amide bonds. The molecule has 0 radical (unpaired) electrons. The number of piperidine rings is 1. The molecular weight excluding hydrogens is 786 g/mol. The summed E-state index contributed by atoms with van der Waals surface area (Å²) >= 11 is 0. The molecule has 3 aliphatic rings. The van der Waals surface area contributed by atoms with E-state index in [4.69, 9.17) is 5.73 Å². The summed E-state index contributed by atoms with van der Waals surface area (Å²) < 4.78 is 15.0. The molecule has 0 aliphatic carbocycles. The van der Waals surface area contributed by atoms with Crippen LogP contribution in [0.2, 0.25) is 0 Å². The second kappa shape index (κ2) is 20.3. The minimum absolute atomic E-state index is 0.0166. The molecule has 3 aliphatic heterocycles. The van der Waals surface area contributed by atoms with Gasteiger partial charge in [0, 0.05) is 82.5 Å². The monoisotopic (exact) mass is 843 g/mol. The Balaban J connectivity index is 0.00000285. The third kappa shape index (κ3) is 10.2. The molecule has 3 fully saturated rings. The Kier molecular flexibility index (Phi) is 14.4. The van der Waals surface area contributed by atoms with E-state index in [1.807, 2.05) is 49.1 Å². The molecule has 14 heteroatoms. The number of likely N-dealkylation sites (tertiary alicyclic amines) is 1. The second-order valence-electron chi connectivity index (χ2n) is 16.2. The number of aromatic nitrogens is 3. The van der Waals surface area contributed by atoms with Gasteiger partial charge in [-0.05, 0) is 79.2 Å². The third-order valence-corrected chi connectivity index (χ3v) is 12.4. The normalized spacial score (nSPS) is 16.5. The van der Waals surface area contributed by atoms with Crippen LogP contribution in [-0.2, 0) is 17.6 Å². The van der Waals surface area contributed by atoms with Gasteiger partial charge in [-0.2, -0.15) is 5.10 Å². The molecular formula is C48H58FN9O4. The maximum absolute atomic E-state index is 15.0. The lowest BCUT2D eigenvalue weighted by molar-refractivity contribution is -0.134. The van der Waals surface area contributed by atoms with Crippen LogP contribution in [0.4, 0.5) is 10.1 Å². The Morgan fingerprint density at radius 3 is 2.13 bits per heavy atom. The van der Waals surface area contributed by atoms with Gasteiger partial charge in [-0.3, -0.25) is 29.0 Å². The summed E-state index contributed by atoms with van der Waals surface area (Å²) in [7, 11) is 0. The van der Waals surface area contributed by atoms with Crippen LogP contribution in [0.3, 0.4) is 0 Å². The van der Waals surface area contributed by atoms with Gasteiger partial charge in [0.15, 0.2) is 5.69 Å². The van der Waals surface area contributed by atoms with Crippen molar-refractivity contribution in [1.82, 2.24) is 39.7 Å². The first kappa shape index (κ1) is 44.1. The molecule has 326 valence electrons. The number of pyridine rings is 1. The van der Waals surface area contributed by atoms with E-state index in [1.54, 1.807) is 40.3 Å². The Morgan fingerprint density at radius 1 is 0.742 bits per heavy atom. The van der Waals surface area contributed by atoms with Crippen LogP contribution in [0.25, 0.3) is 21.9 Å². The van der Waals surface area contributed by atoms with Crippen LogP contribution >= 0.6 is 0 Å². The number of nitrogen functional groups attached to an aromatic ring is 1. The molecule has 8 rings (SSSR count). The molecule has 13 nitrogen and oxygen atoms in total. The van der Waals surface area contributed by atoms with Gasteiger partial charge >= 0.3 is 0 Å². The number of nitrogens with zero attached hydrogens (tertiary/aromatic N) is 7. The first-order valence-corrected chi connectivity index (χ1v) is 22.0. The molecule has 0 saturated carbocycles. The third-order valence-electron chi connectivity index (χ3n) is 12.4. The molecule has 0 bridgehead atoms. The summed E-state index contributed by atoms with van der Waals surface area (Å²) in [6, 6.07) is 21.8. The fourth-order valence-corrected chi connectivity index (χ4v) is 8.73. The standard InChI is InChI=1S/C46H52FN9O4.C2H6/c1-2-31-6-5-7-34(24-31)35-27-40(48)43(49-28-35)46(60)56-18-16-53(17-19-56)29-32-12-14-52(15-13-32)30-42(57)54-20-22-55(23-21-54)45(59)38-25-33(10-11-39(38)47)26-41-36-8-3-4-9-37(36)44(58)51-50-41;1-2/h3-11,24-25,27-28,32H,2,12-23,26,29-30,48H2,1H3,(H,51,58);1-2H3. The van der Waals surface area contributed by atoms with E-state index in [2.05, 4.69) is 44.0 Å². The van der Waals surface area contributed by atoms with Gasteiger partial charge in [0.05, 0.1) is 28.9 Å². The van der Waals surface area contributed by atoms with Crippen LogP contribution in [0.1, 0.15) is 71.3 Å². The molecule has 62 heavy (non-hydrogen) atoms. The zero-order valence-electron chi connectivity index (χ0n) is 36.1. The summed E-state index contributed by atoms with van der Waals surface area (Å²) in [5.74, 6) is -0.562. The molecule has 0 atom stereocenters. The zero-order valence-corrected chi connectivity index (χ0v) is 36.1. The largest absolute Gasteiger partial charge is 0.397 e. The second-order valence-corrected chi connectivity index (χ2v) is 16.2. The van der Waals surface area contributed by atoms with Crippen molar-refractivity contribution >= 4 is 34.2 Å². The Bertz CT molecular complexity index is 2430. The lowest BCUT2D eigenvalue weighted by atomic mass is 9.96. The number of carbonyl (C=O) groups is 3. The van der Waals surface area contributed by atoms with Crippen LogP contribution in [-0.4, -0.2) is 136 Å². The number of halogens is 1. The number of nitrogens with one attached hydrogen (secondary N) is 1. The first-order chi connectivity index (χ1) is 30.1. The van der Waals surface area contributed by atoms with Crippen molar-refractivity contribution in [3.8, 4) is 11.1 Å². The molecule has 3 N–H and O–H groups in total. The maximum Gasteiger partial charge on any atom is 0.274 e. The number of anilines is 1. The average molecular weight is 844 g/mol. The number of benzene rings is 3. The molecule has 5 aromatic rings. The van der Waals surface area contributed by atoms with Crippen molar-refractivity contribution in [1.29, 1.82) is 0 Å². The summed E-state index contributed by atoms with van der Waals surface area (Å²) in [5.41, 5.74) is 11.3.